The summed E-state index contributed by atoms with van der Waals surface area (Å²) in [4.78, 5) is 0. The van der Waals surface area contributed by atoms with Crippen molar-refractivity contribution in [2.24, 2.45) is 11.8 Å². The summed E-state index contributed by atoms with van der Waals surface area (Å²) in [5, 5.41) is 24.8. The molecule has 8 N–H and O–H groups in total. The number of hydroxylamine groups is 1. The Bertz CT molecular complexity index is 3620. The van der Waals surface area contributed by atoms with Gasteiger partial charge in [-0.25, -0.2) is 21.0 Å². The number of nitrogens with one attached hydrogen (secondary N) is 1. The van der Waals surface area contributed by atoms with Gasteiger partial charge in [0.25, 0.3) is 0 Å². The third kappa shape index (κ3) is 74.8. The van der Waals surface area contributed by atoms with Crippen LogP contribution in [0.3, 0.4) is 0 Å². The second kappa shape index (κ2) is 82.4. The van der Waals surface area contributed by atoms with Gasteiger partial charge in [0.2, 0.25) is 10.4 Å². The maximum absolute atomic E-state index is 11.5. The molecule has 0 aliphatic rings. The van der Waals surface area contributed by atoms with Crippen LogP contribution >= 0.6 is 0 Å². The molecular formula is C85H142N3NaO31S4. The Labute approximate surface area is 761 Å². The topological polar surface area (TPSA) is 460 Å². The number of unbranched alkanes of at least 4 members (excludes halogenated alkanes) is 16. The maximum atomic E-state index is 11.5. The van der Waals surface area contributed by atoms with Crippen molar-refractivity contribution in [3.05, 3.63) is 170 Å². The molecule has 39 heteroatoms. The number of rotatable bonds is 76. The Morgan fingerprint density at radius 3 is 0.847 bits per heavy atom. The first-order valence-corrected chi connectivity index (χ1v) is 47.1. The molecule has 0 bridgehead atoms. The monoisotopic (exact) mass is 1850 g/mol. The van der Waals surface area contributed by atoms with Gasteiger partial charge in [0.1, 0.15) is 73.8 Å². The molecule has 4 atom stereocenters. The molecule has 4 aromatic carbocycles. The van der Waals surface area contributed by atoms with Crippen molar-refractivity contribution in [1.82, 2.24) is 5.48 Å². The minimum Gasteiger partial charge on any atom is -0.725 e. The molecule has 0 aliphatic heterocycles. The van der Waals surface area contributed by atoms with Crippen LogP contribution in [0.4, 0.5) is 0 Å². The van der Waals surface area contributed by atoms with Gasteiger partial charge in [0.05, 0.1) is 59.5 Å². The Hall–Kier alpha value is -5.04. The molecule has 4 rings (SSSR count). The van der Waals surface area contributed by atoms with E-state index in [-0.39, 0.29) is 109 Å². The molecule has 0 amide bonds. The van der Waals surface area contributed by atoms with Crippen molar-refractivity contribution in [2.75, 3.05) is 133 Å². The Balaban J connectivity index is 0. The second-order valence-corrected chi connectivity index (χ2v) is 32.0. The maximum Gasteiger partial charge on any atom is 1.00 e. The first-order chi connectivity index (χ1) is 59.4. The zero-order valence-corrected chi connectivity index (χ0v) is 78.8. The van der Waals surface area contributed by atoms with E-state index in [1.54, 1.807) is 24.3 Å². The van der Waals surface area contributed by atoms with Crippen molar-refractivity contribution in [3.63, 3.8) is 0 Å². The summed E-state index contributed by atoms with van der Waals surface area (Å²) in [5.74, 6) is 11.9. The molecular weight excluding hydrogens is 1710 g/mol. The number of aliphatic hydroxyl groups excluding tert-OH is 3. The SMILES string of the molecule is C=CCOCC(COc1ccc(CCCC)cc1)OCOS(=O)(=O)ONCCO.C=CCOCC(COc1ccc(CCCCCC)cc1)OCOS(=O)(=O)[O-].C=CCOCC(COc1ccc(CCCCCCCC)cc1)OCOS(=O)(=O)ON.C=CCOCC(COc1ccc(CCCCCCCCC)cc1)OCOS(=O)(=O)ON.OCCCCO.[Na+]. The minimum absolute atomic E-state index is 0. The van der Waals surface area contributed by atoms with Crippen LogP contribution in [0.15, 0.2) is 148 Å². The summed E-state index contributed by atoms with van der Waals surface area (Å²) in [6.45, 7) is 23.2. The average Bonchev–Trinajstić information content (AvgIpc) is 0.909. The molecule has 708 valence electrons. The smallest absolute Gasteiger partial charge is 0.725 e. The predicted molar refractivity (Wildman–Crippen MR) is 467 cm³/mol. The molecule has 0 saturated heterocycles. The number of nitrogens with two attached hydrogens (primary N) is 2. The zero-order valence-electron chi connectivity index (χ0n) is 73.6. The fraction of sp³-hybridized carbons (Fsp3) is 0.624. The van der Waals surface area contributed by atoms with Crippen molar-refractivity contribution in [1.29, 1.82) is 0 Å². The van der Waals surface area contributed by atoms with E-state index >= 15 is 0 Å². The van der Waals surface area contributed by atoms with E-state index in [1.165, 1.54) is 131 Å². The van der Waals surface area contributed by atoms with Gasteiger partial charge in [-0.3, -0.25) is 4.18 Å². The van der Waals surface area contributed by atoms with Gasteiger partial charge in [0.15, 0.2) is 27.2 Å². The fourth-order valence-corrected chi connectivity index (χ4v) is 11.3. The number of hydrogen-bond donors (Lipinski definition) is 6. The first-order valence-electron chi connectivity index (χ1n) is 41.7. The molecule has 0 aromatic heterocycles. The molecule has 0 fully saturated rings. The number of aliphatic hydroxyl groups is 3. The average molecular weight is 1850 g/mol. The third-order valence-electron chi connectivity index (χ3n) is 16.8. The van der Waals surface area contributed by atoms with Crippen LogP contribution in [0.5, 0.6) is 23.0 Å². The van der Waals surface area contributed by atoms with Crippen molar-refractivity contribution in [2.45, 2.75) is 213 Å². The number of aryl methyl sites for hydroxylation is 4. The van der Waals surface area contributed by atoms with Gasteiger partial charge in [-0.05, 0) is 135 Å². The van der Waals surface area contributed by atoms with Crippen LogP contribution < -0.4 is 65.8 Å². The second-order valence-electron chi connectivity index (χ2n) is 27.2. The van der Waals surface area contributed by atoms with Crippen molar-refractivity contribution in [3.8, 4) is 23.0 Å². The summed E-state index contributed by atoms with van der Waals surface area (Å²) in [6, 6.07) is 31.5. The van der Waals surface area contributed by atoms with Crippen LogP contribution in [0, 0.1) is 0 Å². The van der Waals surface area contributed by atoms with Gasteiger partial charge in [-0.2, -0.15) is 55.4 Å². The molecule has 0 heterocycles. The van der Waals surface area contributed by atoms with E-state index < -0.39 is 93.2 Å². The minimum atomic E-state index is -4.80. The molecule has 34 nitrogen and oxygen atoms in total. The largest absolute Gasteiger partial charge is 1.00 e. The van der Waals surface area contributed by atoms with Crippen LogP contribution in [0.2, 0.25) is 0 Å². The summed E-state index contributed by atoms with van der Waals surface area (Å²) < 4.78 is 193. The van der Waals surface area contributed by atoms with Crippen LogP contribution in [-0.4, -0.2) is 211 Å². The fourth-order valence-electron chi connectivity index (χ4n) is 10.2. The summed E-state index contributed by atoms with van der Waals surface area (Å²) in [7, 11) is -17.6. The van der Waals surface area contributed by atoms with Crippen LogP contribution in [-0.2, 0) is 135 Å². The van der Waals surface area contributed by atoms with Gasteiger partial charge >= 0.3 is 60.8 Å². The molecule has 0 saturated carbocycles. The van der Waals surface area contributed by atoms with Crippen LogP contribution in [0.1, 0.15) is 185 Å². The number of benzene rings is 4. The predicted octanol–water partition coefficient (Wildman–Crippen LogP) is 9.41. The normalized spacial score (nSPS) is 12.3. The van der Waals surface area contributed by atoms with E-state index in [0.717, 1.165) is 51.4 Å². The van der Waals surface area contributed by atoms with Crippen LogP contribution in [0.25, 0.3) is 0 Å². The molecule has 4 aromatic rings. The standard InChI is InChI=1S/C22H37NO7S.C21H35NO7S.C19H31NO8S.C19H30O7S.C4H10O2.Na/c1-3-5-6-7-8-9-10-11-20-12-14-21(15-13-20)27-18-22(17-26-16-4-2)28-19-29-31(24,25)30-23;1-3-5-6-7-8-9-10-19-11-13-20(14-12-19)26-17-21(16-25-15-4-2)27-18-28-30(23,24)29-22;1-3-5-6-17-7-9-18(10-8-17)25-15-19(14-24-13-4-2)26-16-27-29(22,23)28-20-11-12-21;1-3-5-6-7-8-17-9-11-18(12-10-17)24-15-19(14-23-13-4-2)25-16-26-27(20,21)22;5-3-1-2-4-6;/h4,12-15,22H,2-3,5-11,16-19,23H2,1H3;4,11-14,21H,2-3,5-10,15-18,22H2,1H3;4,7-10,19-21H,2-3,5-6,11-16H2,1H3;4,9-12,19H,2-3,5-8,13-16H2,1H3,(H,20,21,22);5-6H,1-4H2;/q;;;;;+1/p-1. The van der Waals surface area contributed by atoms with E-state index in [9.17, 15) is 38.2 Å². The third-order valence-corrected chi connectivity index (χ3v) is 19.1. The van der Waals surface area contributed by atoms with E-state index in [1.807, 2.05) is 78.3 Å². The van der Waals surface area contributed by atoms with Gasteiger partial charge in [-0.1, -0.05) is 197 Å². The van der Waals surface area contributed by atoms with E-state index in [4.69, 9.17) is 72.2 Å². The summed E-state index contributed by atoms with van der Waals surface area (Å²) in [5.41, 5.74) is 7.10. The first kappa shape index (κ1) is 121. The van der Waals surface area contributed by atoms with E-state index in [0.29, 0.717) is 49.4 Å². The van der Waals surface area contributed by atoms with Crippen molar-refractivity contribution >= 4 is 41.6 Å². The molecule has 0 aliphatic carbocycles. The van der Waals surface area contributed by atoms with E-state index in [2.05, 4.69) is 120 Å². The molecule has 0 radical (unpaired) electrons. The zero-order chi connectivity index (χ0) is 91.0. The molecule has 4 unspecified atom stereocenters. The number of hydrogen-bond acceptors (Lipinski definition) is 34. The Kier molecular flexibility index (Phi) is 80.4. The Morgan fingerprint density at radius 1 is 0.347 bits per heavy atom. The molecule has 0 spiro atoms. The van der Waals surface area contributed by atoms with Gasteiger partial charge < -0.3 is 76.7 Å². The quantitative estimate of drug-likeness (QED) is 0.00455. The summed E-state index contributed by atoms with van der Waals surface area (Å²) in [6.07, 6.45) is 33.6. The Morgan fingerprint density at radius 2 is 0.597 bits per heavy atom. The summed E-state index contributed by atoms with van der Waals surface area (Å²) >= 11 is 0. The van der Waals surface area contributed by atoms with Crippen molar-refractivity contribution < 1.29 is 170 Å². The van der Waals surface area contributed by atoms with Gasteiger partial charge in [0, 0.05) is 19.8 Å². The number of ether oxygens (including phenoxy) is 12. The molecule has 124 heavy (non-hydrogen) atoms. The van der Waals surface area contributed by atoms with Gasteiger partial charge in [-0.15, -0.1) is 26.3 Å².